The first kappa shape index (κ1) is 18.4. The fourth-order valence-electron chi connectivity index (χ4n) is 3.38. The summed E-state index contributed by atoms with van der Waals surface area (Å²) in [6, 6.07) is 14.3. The van der Waals surface area contributed by atoms with Gasteiger partial charge >= 0.3 is 0 Å². The number of rotatable bonds is 6. The number of aryl methyl sites for hydroxylation is 1. The van der Waals surface area contributed by atoms with E-state index in [1.165, 1.54) is 11.6 Å². The molecule has 0 radical (unpaired) electrons. The van der Waals surface area contributed by atoms with Crippen molar-refractivity contribution in [3.8, 4) is 5.75 Å². The van der Waals surface area contributed by atoms with E-state index in [9.17, 15) is 9.18 Å². The minimum Gasteiger partial charge on any atom is -0.496 e. The lowest BCUT2D eigenvalue weighted by atomic mass is 10.1. The maximum absolute atomic E-state index is 13.8. The molecule has 1 heterocycles. The van der Waals surface area contributed by atoms with Crippen LogP contribution in [0, 0.1) is 5.82 Å². The van der Waals surface area contributed by atoms with Crippen molar-refractivity contribution in [2.24, 2.45) is 0 Å². The summed E-state index contributed by atoms with van der Waals surface area (Å²) in [6.07, 6.45) is 2.01. The smallest absolute Gasteiger partial charge is 0.256 e. The summed E-state index contributed by atoms with van der Waals surface area (Å²) in [7, 11) is 1.70. The quantitative estimate of drug-likeness (QED) is 0.797. The van der Waals surface area contributed by atoms with Crippen LogP contribution < -0.4 is 4.74 Å². The Morgan fingerprint density at radius 3 is 2.46 bits per heavy atom. The summed E-state index contributed by atoms with van der Waals surface area (Å²) in [5.41, 5.74) is 1.39. The normalized spacial score (nSPS) is 15.1. The molecule has 0 aromatic heterocycles. The Labute approximate surface area is 154 Å². The minimum atomic E-state index is -0.447. The van der Waals surface area contributed by atoms with Crippen LogP contribution in [0.3, 0.4) is 0 Å². The summed E-state index contributed by atoms with van der Waals surface area (Å²) >= 11 is 0. The first-order chi connectivity index (χ1) is 12.7. The highest BCUT2D eigenvalue weighted by Gasteiger charge is 2.23. The number of hydrogen-bond donors (Lipinski definition) is 0. The number of nitrogens with zero attached hydrogens (tertiary/aromatic N) is 2. The van der Waals surface area contributed by atoms with Crippen LogP contribution in [-0.4, -0.2) is 55.5 Å². The standard InChI is InChI=1S/C21H25FN2O2/c1-26-20-11-5-2-7-17(20)8-6-12-23-13-15-24(16-14-23)21(25)18-9-3-4-10-19(18)22/h2-5,7,9-11H,6,8,12-16H2,1H3. The van der Waals surface area contributed by atoms with Gasteiger partial charge in [-0.3, -0.25) is 9.69 Å². The maximum Gasteiger partial charge on any atom is 0.256 e. The fourth-order valence-corrected chi connectivity index (χ4v) is 3.38. The molecule has 0 saturated carbocycles. The first-order valence-corrected chi connectivity index (χ1v) is 9.07. The molecular formula is C21H25FN2O2. The average Bonchev–Trinajstić information content (AvgIpc) is 2.69. The van der Waals surface area contributed by atoms with E-state index in [-0.39, 0.29) is 11.5 Å². The molecule has 1 amide bonds. The Balaban J connectivity index is 1.45. The van der Waals surface area contributed by atoms with E-state index in [0.717, 1.165) is 38.2 Å². The molecule has 1 saturated heterocycles. The largest absolute Gasteiger partial charge is 0.496 e. The van der Waals surface area contributed by atoms with Crippen LogP contribution >= 0.6 is 0 Å². The lowest BCUT2D eigenvalue weighted by molar-refractivity contribution is 0.0631. The molecule has 4 nitrogen and oxygen atoms in total. The third-order valence-electron chi connectivity index (χ3n) is 4.88. The second-order valence-corrected chi connectivity index (χ2v) is 6.53. The highest BCUT2D eigenvalue weighted by atomic mass is 19.1. The number of carbonyl (C=O) groups is 1. The van der Waals surface area contributed by atoms with Gasteiger partial charge in [0.2, 0.25) is 0 Å². The van der Waals surface area contributed by atoms with Crippen molar-refractivity contribution in [3.05, 3.63) is 65.5 Å². The van der Waals surface area contributed by atoms with Gasteiger partial charge in [0, 0.05) is 26.2 Å². The van der Waals surface area contributed by atoms with Crippen LogP contribution in [0.2, 0.25) is 0 Å². The minimum absolute atomic E-state index is 0.164. The van der Waals surface area contributed by atoms with Crippen molar-refractivity contribution >= 4 is 5.91 Å². The van der Waals surface area contributed by atoms with E-state index in [2.05, 4.69) is 11.0 Å². The van der Waals surface area contributed by atoms with Gasteiger partial charge in [-0.2, -0.15) is 0 Å². The number of hydrogen-bond acceptors (Lipinski definition) is 3. The third-order valence-corrected chi connectivity index (χ3v) is 4.88. The van der Waals surface area contributed by atoms with E-state index >= 15 is 0 Å². The Bertz CT molecular complexity index is 742. The predicted molar refractivity (Wildman–Crippen MR) is 100 cm³/mol. The van der Waals surface area contributed by atoms with Crippen LogP contribution in [0.25, 0.3) is 0 Å². The average molecular weight is 356 g/mol. The number of para-hydroxylation sites is 1. The zero-order valence-electron chi connectivity index (χ0n) is 15.2. The molecule has 0 atom stereocenters. The van der Waals surface area contributed by atoms with Crippen molar-refractivity contribution < 1.29 is 13.9 Å². The zero-order chi connectivity index (χ0) is 18.4. The van der Waals surface area contributed by atoms with Crippen molar-refractivity contribution in [2.45, 2.75) is 12.8 Å². The van der Waals surface area contributed by atoms with Gasteiger partial charge in [-0.05, 0) is 43.1 Å². The van der Waals surface area contributed by atoms with Gasteiger partial charge < -0.3 is 9.64 Å². The molecule has 3 rings (SSSR count). The summed E-state index contributed by atoms with van der Waals surface area (Å²) in [6.45, 7) is 3.92. The molecule has 5 heteroatoms. The number of amides is 1. The van der Waals surface area contributed by atoms with E-state index in [0.29, 0.717) is 13.1 Å². The van der Waals surface area contributed by atoms with Crippen molar-refractivity contribution in [1.82, 2.24) is 9.80 Å². The molecule has 0 bridgehead atoms. The number of benzene rings is 2. The summed E-state index contributed by atoms with van der Waals surface area (Å²) in [5.74, 6) is 0.279. The summed E-state index contributed by atoms with van der Waals surface area (Å²) < 4.78 is 19.2. The lowest BCUT2D eigenvalue weighted by Crippen LogP contribution is -2.49. The van der Waals surface area contributed by atoms with Gasteiger partial charge in [-0.15, -0.1) is 0 Å². The molecular weight excluding hydrogens is 331 g/mol. The van der Waals surface area contributed by atoms with E-state index in [1.54, 1.807) is 30.2 Å². The van der Waals surface area contributed by atoms with Crippen molar-refractivity contribution in [3.63, 3.8) is 0 Å². The van der Waals surface area contributed by atoms with Gasteiger partial charge in [0.25, 0.3) is 5.91 Å². The third kappa shape index (κ3) is 4.41. The second kappa shape index (κ2) is 8.81. The molecule has 0 N–H and O–H groups in total. The topological polar surface area (TPSA) is 32.8 Å². The second-order valence-electron chi connectivity index (χ2n) is 6.53. The van der Waals surface area contributed by atoms with E-state index in [1.807, 2.05) is 18.2 Å². The number of halogens is 1. The lowest BCUT2D eigenvalue weighted by Gasteiger charge is -2.34. The number of ether oxygens (including phenoxy) is 1. The molecule has 1 aliphatic rings. The highest BCUT2D eigenvalue weighted by molar-refractivity contribution is 5.94. The monoisotopic (exact) mass is 356 g/mol. The van der Waals surface area contributed by atoms with Crippen LogP contribution in [0.4, 0.5) is 4.39 Å². The molecule has 2 aromatic carbocycles. The van der Waals surface area contributed by atoms with Crippen LogP contribution in [0.15, 0.2) is 48.5 Å². The van der Waals surface area contributed by atoms with Gasteiger partial charge in [0.1, 0.15) is 11.6 Å². The number of piperazine rings is 1. The van der Waals surface area contributed by atoms with E-state index < -0.39 is 5.82 Å². The Hall–Kier alpha value is -2.40. The molecule has 0 unspecified atom stereocenters. The number of carbonyl (C=O) groups excluding carboxylic acids is 1. The zero-order valence-corrected chi connectivity index (χ0v) is 15.2. The predicted octanol–water partition coefficient (Wildman–Crippen LogP) is 3.22. The Morgan fingerprint density at radius 2 is 1.73 bits per heavy atom. The molecule has 2 aromatic rings. The SMILES string of the molecule is COc1ccccc1CCCN1CCN(C(=O)c2ccccc2F)CC1. The molecule has 1 aliphatic heterocycles. The van der Waals surface area contributed by atoms with Crippen LogP contribution in [0.1, 0.15) is 22.3 Å². The van der Waals surface area contributed by atoms with Crippen molar-refractivity contribution in [1.29, 1.82) is 0 Å². The molecule has 1 fully saturated rings. The van der Waals surface area contributed by atoms with Crippen molar-refractivity contribution in [2.75, 3.05) is 39.8 Å². The van der Waals surface area contributed by atoms with Gasteiger partial charge in [-0.1, -0.05) is 30.3 Å². The first-order valence-electron chi connectivity index (χ1n) is 9.07. The molecule has 0 spiro atoms. The Morgan fingerprint density at radius 1 is 1.04 bits per heavy atom. The van der Waals surface area contributed by atoms with Crippen LogP contribution in [0.5, 0.6) is 5.75 Å². The molecule has 138 valence electrons. The maximum atomic E-state index is 13.8. The van der Waals surface area contributed by atoms with Crippen LogP contribution in [-0.2, 0) is 6.42 Å². The van der Waals surface area contributed by atoms with Gasteiger partial charge in [-0.25, -0.2) is 4.39 Å². The summed E-state index contributed by atoms with van der Waals surface area (Å²) in [5, 5.41) is 0. The van der Waals surface area contributed by atoms with E-state index in [4.69, 9.17) is 4.74 Å². The van der Waals surface area contributed by atoms with Gasteiger partial charge in [0.05, 0.1) is 12.7 Å². The highest BCUT2D eigenvalue weighted by Crippen LogP contribution is 2.19. The number of methoxy groups -OCH3 is 1. The van der Waals surface area contributed by atoms with Gasteiger partial charge in [0.15, 0.2) is 0 Å². The Kier molecular flexibility index (Phi) is 6.23. The molecule has 0 aliphatic carbocycles. The summed E-state index contributed by atoms with van der Waals surface area (Å²) in [4.78, 5) is 16.6. The fraction of sp³-hybridized carbons (Fsp3) is 0.381. The molecule has 26 heavy (non-hydrogen) atoms.